The first-order valence-corrected chi connectivity index (χ1v) is 27.6. The van der Waals surface area contributed by atoms with Crippen LogP contribution in [-0.2, 0) is 30.1 Å². The third-order valence-electron chi connectivity index (χ3n) is 15.0. The van der Waals surface area contributed by atoms with Crippen molar-refractivity contribution in [3.63, 3.8) is 0 Å². The molecule has 0 aliphatic heterocycles. The van der Waals surface area contributed by atoms with Crippen molar-refractivity contribution in [3.05, 3.63) is 345 Å². The lowest BCUT2D eigenvalue weighted by molar-refractivity contribution is -0.385. The van der Waals surface area contributed by atoms with E-state index < -0.39 is 32.9 Å². The van der Waals surface area contributed by atoms with Gasteiger partial charge in [-0.3, -0.25) is 35.0 Å². The first-order chi connectivity index (χ1) is 43.0. The van der Waals surface area contributed by atoms with E-state index in [2.05, 4.69) is 62.2 Å². The average Bonchev–Trinajstić information content (AvgIpc) is 1.46. The van der Waals surface area contributed by atoms with Gasteiger partial charge >= 0.3 is 11.9 Å². The normalized spacial score (nSPS) is 11.2. The Balaban J connectivity index is 0.000000179. The maximum Gasteiger partial charge on any atom is 0.330 e. The second-order valence-corrected chi connectivity index (χ2v) is 19.8. The fourth-order valence-electron chi connectivity index (χ4n) is 11.2. The summed E-state index contributed by atoms with van der Waals surface area (Å²) < 4.78 is 12.9. The molecule has 16 nitrogen and oxygen atoms in total. The van der Waals surface area contributed by atoms with Gasteiger partial charge in [0.15, 0.2) is 6.29 Å². The molecule has 432 valence electrons. The van der Waals surface area contributed by atoms with Crippen LogP contribution < -0.4 is 0 Å². The summed E-state index contributed by atoms with van der Waals surface area (Å²) in [4.78, 5) is 65.7. The molecule has 0 unspecified atom stereocenters. The van der Waals surface area contributed by atoms with Gasteiger partial charge in [-0.25, -0.2) is 14.3 Å². The molecule has 0 aliphatic rings. The molecule has 0 radical (unpaired) electrons. The van der Waals surface area contributed by atoms with Crippen LogP contribution in [0, 0.1) is 20.2 Å². The van der Waals surface area contributed by atoms with Gasteiger partial charge in [0, 0.05) is 77.2 Å². The molecule has 4 aromatic heterocycles. The van der Waals surface area contributed by atoms with E-state index >= 15 is 0 Å². The predicted molar refractivity (Wildman–Crippen MR) is 339 cm³/mol. The number of methoxy groups -OCH3 is 2. The number of rotatable bonds is 16. The number of nitro groups is 2. The Morgan fingerprint density at radius 1 is 0.500 bits per heavy atom. The van der Waals surface area contributed by atoms with Gasteiger partial charge in [-0.1, -0.05) is 189 Å². The molecule has 0 saturated carbocycles. The molecule has 4 heterocycles. The van der Waals surface area contributed by atoms with Crippen LogP contribution in [0.1, 0.15) is 49.3 Å². The highest BCUT2D eigenvalue weighted by molar-refractivity contribution is 6.02. The van der Waals surface area contributed by atoms with Crippen LogP contribution in [-0.4, -0.2) is 66.6 Å². The highest BCUT2D eigenvalue weighted by Crippen LogP contribution is 2.48. The Bertz CT molecular complexity index is 4280. The smallest absolute Gasteiger partial charge is 0.330 e. The third-order valence-corrected chi connectivity index (χ3v) is 15.0. The highest BCUT2D eigenvalue weighted by atomic mass is 16.6. The lowest BCUT2D eigenvalue weighted by Crippen LogP contribution is -2.38. The van der Waals surface area contributed by atoms with Crippen LogP contribution in [0.5, 0.6) is 0 Å². The molecule has 0 fully saturated rings. The van der Waals surface area contributed by atoms with Crippen molar-refractivity contribution >= 4 is 57.5 Å². The van der Waals surface area contributed by atoms with Crippen LogP contribution >= 0.6 is 0 Å². The number of aldehydes is 1. The number of nitro benzene ring substituents is 2. The molecule has 0 amide bonds. The number of fused-ring (bicyclic) bond motifs is 2. The summed E-state index contributed by atoms with van der Waals surface area (Å²) in [6.45, 7) is 3.16. The second kappa shape index (κ2) is 26.7. The van der Waals surface area contributed by atoms with Crippen molar-refractivity contribution in [1.29, 1.82) is 0 Å². The minimum atomic E-state index is -1.01. The van der Waals surface area contributed by atoms with Crippen LogP contribution in [0.3, 0.4) is 0 Å². The standard InChI is InChI=1S/C35H26N4O4.C33H23N3O3.C4H6O2/c1-43-33(40)18-17-26-23-30-32(24-31(26)39(41)42)38(37-34(30)25-19-21-36-22-20-25)35(27-11-5-2-6-12-27,28-13-7-3-8-14-28)29-15-9-4-10-16-29;37-23-25-20-29-30(24-16-18-34-19-17-24)22-35(32(29)21-31(25)36(38)39)33(26-10-4-1-5-11-26,27-12-6-2-7-13-27)28-14-8-3-9-15-28;1-3-4(5)6-2/h2-24H,1H3;1-23H;3H,1H2,2H3/b18-17+;;. The number of nitrogens with zero attached hydrogens (tertiary/aromatic N) is 7. The number of esters is 2. The zero-order chi connectivity index (χ0) is 61.6. The van der Waals surface area contributed by atoms with E-state index in [-0.39, 0.29) is 22.5 Å². The monoisotopic (exact) mass is 1160 g/mol. The fraction of sp³-hybridized carbons (Fsp3) is 0.0556. The van der Waals surface area contributed by atoms with E-state index in [1.165, 1.54) is 38.5 Å². The average molecular weight is 1160 g/mol. The Labute approximate surface area is 505 Å². The summed E-state index contributed by atoms with van der Waals surface area (Å²) in [7, 11) is 2.57. The van der Waals surface area contributed by atoms with Gasteiger partial charge in [-0.15, -0.1) is 0 Å². The first-order valence-electron chi connectivity index (χ1n) is 27.6. The minimum absolute atomic E-state index is 0.0327. The van der Waals surface area contributed by atoms with E-state index in [1.807, 2.05) is 181 Å². The van der Waals surface area contributed by atoms with Gasteiger partial charge in [0.25, 0.3) is 11.4 Å². The molecular weight excluding hydrogens is 1110 g/mol. The molecule has 0 aliphatic carbocycles. The number of pyridine rings is 2. The number of ether oxygens (including phenoxy) is 2. The number of carbonyl (C=O) groups is 3. The summed E-state index contributed by atoms with van der Waals surface area (Å²) in [6.07, 6.45) is 13.1. The van der Waals surface area contributed by atoms with Crippen molar-refractivity contribution in [1.82, 2.24) is 24.3 Å². The summed E-state index contributed by atoms with van der Waals surface area (Å²) >= 11 is 0. The predicted octanol–water partition coefficient (Wildman–Crippen LogP) is 14.6. The number of hydrogen-bond donors (Lipinski definition) is 0. The van der Waals surface area contributed by atoms with E-state index in [9.17, 15) is 34.6 Å². The topological polar surface area (TPSA) is 204 Å². The van der Waals surface area contributed by atoms with Crippen molar-refractivity contribution < 1.29 is 33.7 Å². The zero-order valence-corrected chi connectivity index (χ0v) is 47.6. The van der Waals surface area contributed by atoms with Gasteiger partial charge in [0.1, 0.15) is 16.8 Å². The first kappa shape index (κ1) is 59.1. The summed E-state index contributed by atoms with van der Waals surface area (Å²) in [5, 5.41) is 31.2. The zero-order valence-electron chi connectivity index (χ0n) is 47.6. The highest BCUT2D eigenvalue weighted by Gasteiger charge is 2.43. The number of hydrogen-bond acceptors (Lipinski definition) is 12. The molecule has 0 saturated heterocycles. The second-order valence-electron chi connectivity index (χ2n) is 19.8. The Morgan fingerprint density at radius 2 is 0.886 bits per heavy atom. The molecule has 0 spiro atoms. The van der Waals surface area contributed by atoms with E-state index in [1.54, 1.807) is 36.9 Å². The van der Waals surface area contributed by atoms with Crippen LogP contribution in [0.4, 0.5) is 11.4 Å². The fourth-order valence-corrected chi connectivity index (χ4v) is 11.2. The molecular formula is C72H55N7O9. The summed E-state index contributed by atoms with van der Waals surface area (Å²) in [5.41, 5.74) is 8.06. The van der Waals surface area contributed by atoms with Gasteiger partial charge in [0.2, 0.25) is 0 Å². The Kier molecular flexibility index (Phi) is 17.9. The Morgan fingerprint density at radius 3 is 1.27 bits per heavy atom. The molecule has 0 N–H and O–H groups in total. The SMILES string of the molecule is C=CC(=O)OC.COC(=O)/C=C/c1cc2c(-c3ccncc3)nn(C(c3ccccc3)(c3ccccc3)c3ccccc3)c2cc1[N+](=O)[O-].O=Cc1cc2c(-c3ccncc3)cn(C(c3ccccc3)(c3ccccc3)c3ccccc3)c2cc1[N+](=O)[O-]. The van der Waals surface area contributed by atoms with Gasteiger partial charge in [-0.2, -0.15) is 5.10 Å². The number of benzene rings is 8. The summed E-state index contributed by atoms with van der Waals surface area (Å²) in [5.74, 6) is -1.01. The van der Waals surface area contributed by atoms with E-state index in [0.29, 0.717) is 28.4 Å². The summed E-state index contributed by atoms with van der Waals surface area (Å²) in [6, 6.07) is 74.2. The van der Waals surface area contributed by atoms with Crippen molar-refractivity contribution in [2.75, 3.05) is 14.2 Å². The van der Waals surface area contributed by atoms with Crippen molar-refractivity contribution in [2.24, 2.45) is 0 Å². The number of carbonyl (C=O) groups excluding carboxylic acids is 3. The molecule has 12 rings (SSSR count). The lowest BCUT2D eigenvalue weighted by atomic mass is 9.76. The van der Waals surface area contributed by atoms with Crippen LogP contribution in [0.15, 0.2) is 280 Å². The maximum absolute atomic E-state index is 12.4. The van der Waals surface area contributed by atoms with Gasteiger partial charge in [0.05, 0.1) is 46.2 Å². The van der Waals surface area contributed by atoms with Gasteiger partial charge in [-0.05, 0) is 81.4 Å². The van der Waals surface area contributed by atoms with Gasteiger partial charge < -0.3 is 14.0 Å². The van der Waals surface area contributed by atoms with Crippen LogP contribution in [0.2, 0.25) is 0 Å². The quantitative estimate of drug-likeness (QED) is 0.0221. The molecule has 0 bridgehead atoms. The molecule has 0 atom stereocenters. The molecule has 88 heavy (non-hydrogen) atoms. The van der Waals surface area contributed by atoms with Crippen LogP contribution in [0.25, 0.3) is 50.3 Å². The lowest BCUT2D eigenvalue weighted by Gasteiger charge is -2.38. The maximum atomic E-state index is 12.4. The molecule has 8 aromatic carbocycles. The third kappa shape index (κ3) is 11.5. The minimum Gasteiger partial charge on any atom is -0.466 e. The Hall–Kier alpha value is -12.0. The van der Waals surface area contributed by atoms with Crippen molar-refractivity contribution in [3.8, 4) is 22.4 Å². The van der Waals surface area contributed by atoms with Crippen molar-refractivity contribution in [2.45, 2.75) is 11.1 Å². The van der Waals surface area contributed by atoms with E-state index in [4.69, 9.17) is 9.84 Å². The molecule has 16 heteroatoms. The number of aromatic nitrogens is 5. The largest absolute Gasteiger partial charge is 0.466 e. The van der Waals surface area contributed by atoms with E-state index in [0.717, 1.165) is 61.5 Å². The molecule has 12 aromatic rings.